The number of carbonyl (C=O) groups excluding carboxylic acids is 2. The van der Waals surface area contributed by atoms with Gasteiger partial charge in [0.1, 0.15) is 0 Å². The van der Waals surface area contributed by atoms with Crippen molar-refractivity contribution in [3.05, 3.63) is 59.7 Å². The molecular weight excluding hydrogens is 332 g/mol. The molecule has 2 amide bonds. The lowest BCUT2D eigenvalue weighted by molar-refractivity contribution is -0.134. The summed E-state index contributed by atoms with van der Waals surface area (Å²) in [6.45, 7) is 1.05. The van der Waals surface area contributed by atoms with Gasteiger partial charge in [-0.25, -0.2) is 0 Å². The van der Waals surface area contributed by atoms with E-state index < -0.39 is 0 Å². The summed E-state index contributed by atoms with van der Waals surface area (Å²) < 4.78 is 10.6. The minimum absolute atomic E-state index is 0.0315. The third-order valence-corrected chi connectivity index (χ3v) is 4.35. The second-order valence-electron chi connectivity index (χ2n) is 6.05. The zero-order valence-electron chi connectivity index (χ0n) is 14.7. The molecule has 3 rings (SSSR count). The van der Waals surface area contributed by atoms with E-state index in [9.17, 15) is 9.59 Å². The quantitative estimate of drug-likeness (QED) is 0.859. The van der Waals surface area contributed by atoms with Crippen molar-refractivity contribution in [1.82, 2.24) is 10.2 Å². The molecule has 6 heteroatoms. The van der Waals surface area contributed by atoms with Gasteiger partial charge in [-0.3, -0.25) is 9.59 Å². The molecule has 1 N–H and O–H groups in total. The lowest BCUT2D eigenvalue weighted by Crippen LogP contribution is -2.43. The number of nitrogens with zero attached hydrogens (tertiary/aromatic N) is 1. The zero-order chi connectivity index (χ0) is 18.4. The van der Waals surface area contributed by atoms with Gasteiger partial charge >= 0.3 is 0 Å². The van der Waals surface area contributed by atoms with Crippen LogP contribution in [0.4, 0.5) is 0 Å². The number of rotatable bonds is 6. The highest BCUT2D eigenvalue weighted by Crippen LogP contribution is 2.25. The number of benzene rings is 2. The number of fused-ring (bicyclic) bond motifs is 1. The van der Waals surface area contributed by atoms with Crippen LogP contribution in [0.15, 0.2) is 48.5 Å². The molecule has 1 aliphatic rings. The molecule has 136 valence electrons. The first-order valence-electron chi connectivity index (χ1n) is 8.54. The van der Waals surface area contributed by atoms with Crippen LogP contribution in [0.5, 0.6) is 11.5 Å². The van der Waals surface area contributed by atoms with Crippen molar-refractivity contribution in [3.8, 4) is 11.5 Å². The first kappa shape index (κ1) is 17.8. The minimum atomic E-state index is -0.346. The van der Waals surface area contributed by atoms with Gasteiger partial charge in [0.25, 0.3) is 5.91 Å². The average molecular weight is 354 g/mol. The van der Waals surface area contributed by atoms with Gasteiger partial charge in [0.2, 0.25) is 5.91 Å². The number of carbonyl (C=O) groups is 2. The average Bonchev–Trinajstić information content (AvgIpc) is 2.70. The molecule has 0 fully saturated rings. The van der Waals surface area contributed by atoms with Crippen LogP contribution in [0.2, 0.25) is 0 Å². The Morgan fingerprint density at radius 2 is 1.73 bits per heavy atom. The van der Waals surface area contributed by atoms with Crippen LogP contribution in [-0.2, 0) is 22.6 Å². The highest BCUT2D eigenvalue weighted by atomic mass is 16.5. The Morgan fingerprint density at radius 1 is 1.04 bits per heavy atom. The number of ether oxygens (including phenoxy) is 2. The van der Waals surface area contributed by atoms with E-state index in [1.807, 2.05) is 24.3 Å². The Morgan fingerprint density at radius 3 is 2.50 bits per heavy atom. The molecule has 1 heterocycles. The summed E-state index contributed by atoms with van der Waals surface area (Å²) in [7, 11) is 1.54. The minimum Gasteiger partial charge on any atom is -0.493 e. The van der Waals surface area contributed by atoms with Crippen molar-refractivity contribution in [3.63, 3.8) is 0 Å². The zero-order valence-corrected chi connectivity index (χ0v) is 14.7. The summed E-state index contributed by atoms with van der Waals surface area (Å²) in [5.74, 6) is 0.610. The fourth-order valence-corrected chi connectivity index (χ4v) is 2.93. The van der Waals surface area contributed by atoms with Gasteiger partial charge in [0.15, 0.2) is 18.1 Å². The summed E-state index contributed by atoms with van der Waals surface area (Å²) in [5, 5.41) is 2.62. The van der Waals surface area contributed by atoms with E-state index in [2.05, 4.69) is 11.4 Å². The third kappa shape index (κ3) is 4.33. The van der Waals surface area contributed by atoms with E-state index in [-0.39, 0.29) is 25.0 Å². The molecule has 0 bridgehead atoms. The van der Waals surface area contributed by atoms with Crippen LogP contribution in [0.1, 0.15) is 11.1 Å². The number of nitrogens with one attached hydrogen (secondary N) is 1. The van der Waals surface area contributed by atoms with Crippen LogP contribution < -0.4 is 14.8 Å². The number of hydrogen-bond donors (Lipinski definition) is 1. The van der Waals surface area contributed by atoms with Gasteiger partial charge in [-0.15, -0.1) is 0 Å². The van der Waals surface area contributed by atoms with Gasteiger partial charge in [-0.2, -0.15) is 0 Å². The van der Waals surface area contributed by atoms with Gasteiger partial charge in [-0.1, -0.05) is 36.4 Å². The summed E-state index contributed by atoms with van der Waals surface area (Å²) in [5.41, 5.74) is 2.45. The summed E-state index contributed by atoms with van der Waals surface area (Å²) in [4.78, 5) is 26.1. The number of hydrogen-bond acceptors (Lipinski definition) is 4. The standard InChI is InChI=1S/C20H22N2O4/c1-25-17-8-4-5-9-18(17)26-14-19(23)21-12-20(24)22-11-10-15-6-2-3-7-16(15)13-22/h2-9H,10-14H2,1H3,(H,21,23). The van der Waals surface area contributed by atoms with E-state index in [0.29, 0.717) is 24.6 Å². The van der Waals surface area contributed by atoms with E-state index in [1.54, 1.807) is 23.1 Å². The SMILES string of the molecule is COc1ccccc1OCC(=O)NCC(=O)N1CCc2ccccc2C1. The molecular formula is C20H22N2O4. The molecule has 2 aromatic rings. The van der Waals surface area contributed by atoms with Crippen LogP contribution in [0.25, 0.3) is 0 Å². The monoisotopic (exact) mass is 354 g/mol. The van der Waals surface area contributed by atoms with Crippen molar-refractivity contribution in [2.75, 3.05) is 26.8 Å². The lowest BCUT2D eigenvalue weighted by Gasteiger charge is -2.29. The molecule has 0 saturated heterocycles. The predicted octanol–water partition coefficient (Wildman–Crippen LogP) is 1.78. The van der Waals surface area contributed by atoms with E-state index in [1.165, 1.54) is 12.7 Å². The Labute approximate surface area is 152 Å². The fourth-order valence-electron chi connectivity index (χ4n) is 2.93. The van der Waals surface area contributed by atoms with Gasteiger partial charge in [-0.05, 0) is 29.7 Å². The largest absolute Gasteiger partial charge is 0.493 e. The normalized spacial score (nSPS) is 12.9. The van der Waals surface area contributed by atoms with Gasteiger partial charge < -0.3 is 19.7 Å². The Bertz CT molecular complexity index is 791. The maximum atomic E-state index is 12.3. The van der Waals surface area contributed by atoms with Crippen molar-refractivity contribution < 1.29 is 19.1 Å². The molecule has 0 saturated carbocycles. The third-order valence-electron chi connectivity index (χ3n) is 4.35. The van der Waals surface area contributed by atoms with Crippen LogP contribution in [0.3, 0.4) is 0 Å². The van der Waals surface area contributed by atoms with E-state index >= 15 is 0 Å². The Hall–Kier alpha value is -3.02. The molecule has 2 aromatic carbocycles. The Balaban J connectivity index is 1.45. The molecule has 0 spiro atoms. The second-order valence-corrected chi connectivity index (χ2v) is 6.05. The number of methoxy groups -OCH3 is 1. The second kappa shape index (κ2) is 8.38. The topological polar surface area (TPSA) is 67.9 Å². The first-order valence-corrected chi connectivity index (χ1v) is 8.54. The summed E-state index contributed by atoms with van der Waals surface area (Å²) in [6, 6.07) is 15.2. The first-order chi connectivity index (χ1) is 12.7. The van der Waals surface area contributed by atoms with Gasteiger partial charge in [0.05, 0.1) is 13.7 Å². The molecule has 0 aliphatic carbocycles. The lowest BCUT2D eigenvalue weighted by atomic mass is 10.00. The highest BCUT2D eigenvalue weighted by molar-refractivity contribution is 5.85. The predicted molar refractivity (Wildman–Crippen MR) is 97.1 cm³/mol. The number of para-hydroxylation sites is 2. The molecule has 6 nitrogen and oxygen atoms in total. The van der Waals surface area contributed by atoms with Crippen LogP contribution >= 0.6 is 0 Å². The van der Waals surface area contributed by atoms with E-state index in [0.717, 1.165) is 12.0 Å². The highest BCUT2D eigenvalue weighted by Gasteiger charge is 2.20. The van der Waals surface area contributed by atoms with Gasteiger partial charge in [0, 0.05) is 13.1 Å². The molecule has 26 heavy (non-hydrogen) atoms. The number of amides is 2. The van der Waals surface area contributed by atoms with Crippen molar-refractivity contribution in [2.45, 2.75) is 13.0 Å². The molecule has 0 atom stereocenters. The summed E-state index contributed by atoms with van der Waals surface area (Å²) >= 11 is 0. The molecule has 1 aliphatic heterocycles. The molecule has 0 unspecified atom stereocenters. The maximum absolute atomic E-state index is 12.3. The van der Waals surface area contributed by atoms with Crippen molar-refractivity contribution in [2.24, 2.45) is 0 Å². The fraction of sp³-hybridized carbons (Fsp3) is 0.300. The van der Waals surface area contributed by atoms with Crippen LogP contribution in [-0.4, -0.2) is 43.5 Å². The molecule has 0 radical (unpaired) electrons. The van der Waals surface area contributed by atoms with Crippen molar-refractivity contribution >= 4 is 11.8 Å². The van der Waals surface area contributed by atoms with E-state index in [4.69, 9.17) is 9.47 Å². The Kier molecular flexibility index (Phi) is 5.73. The van der Waals surface area contributed by atoms with Crippen molar-refractivity contribution in [1.29, 1.82) is 0 Å². The summed E-state index contributed by atoms with van der Waals surface area (Å²) in [6.07, 6.45) is 0.840. The smallest absolute Gasteiger partial charge is 0.258 e. The maximum Gasteiger partial charge on any atom is 0.258 e. The molecule has 0 aromatic heterocycles. The van der Waals surface area contributed by atoms with Crippen LogP contribution in [0, 0.1) is 0 Å².